The molecule has 4 nitrogen and oxygen atoms in total. The quantitative estimate of drug-likeness (QED) is 0.803. The van der Waals surface area contributed by atoms with E-state index < -0.39 is 0 Å². The fourth-order valence-corrected chi connectivity index (χ4v) is 3.05. The smallest absolute Gasteiger partial charge is 0.205 e. The zero-order valence-corrected chi connectivity index (χ0v) is 11.9. The van der Waals surface area contributed by atoms with Gasteiger partial charge >= 0.3 is 0 Å². The highest BCUT2D eigenvalue weighted by molar-refractivity contribution is 9.09. The van der Waals surface area contributed by atoms with E-state index in [-0.39, 0.29) is 0 Å². The van der Waals surface area contributed by atoms with Gasteiger partial charge in [-0.3, -0.25) is 0 Å². The van der Waals surface area contributed by atoms with Gasteiger partial charge in [-0.25, -0.2) is 4.98 Å². The third-order valence-corrected chi connectivity index (χ3v) is 4.11. The lowest BCUT2D eigenvalue weighted by Gasteiger charge is -2.33. The van der Waals surface area contributed by atoms with E-state index in [0.717, 1.165) is 36.0 Å². The molecule has 6 heteroatoms. The predicted octanol–water partition coefficient (Wildman–Crippen LogP) is 2.26. The monoisotopic (exact) mass is 305 g/mol. The van der Waals surface area contributed by atoms with Crippen molar-refractivity contribution in [2.24, 2.45) is 0 Å². The molecule has 0 spiro atoms. The molecule has 0 aromatic carbocycles. The Morgan fingerprint density at radius 3 is 3.06 bits per heavy atom. The summed E-state index contributed by atoms with van der Waals surface area (Å²) >= 11 is 5.01. The van der Waals surface area contributed by atoms with E-state index in [1.807, 2.05) is 0 Å². The number of hydrogen-bond donors (Lipinski definition) is 0. The molecule has 0 N–H and O–H groups in total. The van der Waals surface area contributed by atoms with E-state index in [4.69, 9.17) is 4.74 Å². The maximum Gasteiger partial charge on any atom is 0.205 e. The molecule has 1 aliphatic rings. The summed E-state index contributed by atoms with van der Waals surface area (Å²) in [4.78, 5) is 6.88. The minimum Gasteiger partial charge on any atom is -0.377 e. The Balaban J connectivity index is 2.14. The molecule has 1 atom stereocenters. The van der Waals surface area contributed by atoms with Crippen molar-refractivity contribution in [3.05, 3.63) is 5.82 Å². The highest BCUT2D eigenvalue weighted by atomic mass is 79.9. The van der Waals surface area contributed by atoms with Gasteiger partial charge in [0.25, 0.3) is 0 Å². The molecule has 90 valence electrons. The number of anilines is 1. The number of alkyl halides is 1. The molecular weight excluding hydrogens is 290 g/mol. The second kappa shape index (κ2) is 5.42. The standard InChI is InChI=1S/C10H16BrN3OS/c1-7(2)9-12-10(16-13-9)14-3-4-15-6-8(14)5-11/h7-8H,3-6H2,1-2H3. The molecule has 1 aromatic rings. The molecule has 0 amide bonds. The van der Waals surface area contributed by atoms with Gasteiger partial charge in [-0.2, -0.15) is 4.37 Å². The zero-order chi connectivity index (χ0) is 11.5. The van der Waals surface area contributed by atoms with Crippen molar-refractivity contribution in [1.29, 1.82) is 0 Å². The molecule has 2 heterocycles. The normalized spacial score (nSPS) is 21.8. The van der Waals surface area contributed by atoms with Gasteiger partial charge in [0.15, 0.2) is 0 Å². The Labute approximate surface area is 108 Å². The van der Waals surface area contributed by atoms with Crippen molar-refractivity contribution in [1.82, 2.24) is 9.36 Å². The van der Waals surface area contributed by atoms with Crippen LogP contribution >= 0.6 is 27.5 Å². The van der Waals surface area contributed by atoms with Crippen LogP contribution in [0.1, 0.15) is 25.6 Å². The lowest BCUT2D eigenvalue weighted by atomic mass is 10.2. The molecule has 0 aliphatic carbocycles. The highest BCUT2D eigenvalue weighted by Crippen LogP contribution is 2.25. The zero-order valence-electron chi connectivity index (χ0n) is 9.52. The average molecular weight is 306 g/mol. The van der Waals surface area contributed by atoms with Crippen molar-refractivity contribution in [3.8, 4) is 0 Å². The lowest BCUT2D eigenvalue weighted by molar-refractivity contribution is 0.100. The summed E-state index contributed by atoms with van der Waals surface area (Å²) in [5.41, 5.74) is 0. The van der Waals surface area contributed by atoms with Crippen LogP contribution < -0.4 is 4.90 Å². The van der Waals surface area contributed by atoms with Crippen molar-refractivity contribution in [2.45, 2.75) is 25.8 Å². The first-order valence-corrected chi connectivity index (χ1v) is 7.35. The molecule has 1 aromatic heterocycles. The van der Waals surface area contributed by atoms with E-state index >= 15 is 0 Å². The van der Waals surface area contributed by atoms with Gasteiger partial charge in [0.2, 0.25) is 5.13 Å². The minimum absolute atomic E-state index is 0.377. The number of aromatic nitrogens is 2. The van der Waals surface area contributed by atoms with Crippen LogP contribution in [0.4, 0.5) is 5.13 Å². The second-order valence-electron chi connectivity index (χ2n) is 4.17. The molecule has 0 bridgehead atoms. The van der Waals surface area contributed by atoms with Crippen LogP contribution in [-0.2, 0) is 4.74 Å². The number of halogens is 1. The van der Waals surface area contributed by atoms with Crippen LogP contribution in [0.25, 0.3) is 0 Å². The average Bonchev–Trinajstić information content (AvgIpc) is 2.78. The lowest BCUT2D eigenvalue weighted by Crippen LogP contribution is -2.46. The van der Waals surface area contributed by atoms with E-state index in [9.17, 15) is 0 Å². The van der Waals surface area contributed by atoms with E-state index in [2.05, 4.69) is 44.0 Å². The number of nitrogens with zero attached hydrogens (tertiary/aromatic N) is 3. The van der Waals surface area contributed by atoms with Crippen molar-refractivity contribution in [2.75, 3.05) is 30.0 Å². The maximum atomic E-state index is 5.46. The van der Waals surface area contributed by atoms with E-state index in [1.54, 1.807) is 0 Å². The fraction of sp³-hybridized carbons (Fsp3) is 0.800. The first-order valence-electron chi connectivity index (χ1n) is 5.46. The van der Waals surface area contributed by atoms with Gasteiger partial charge in [0, 0.05) is 29.3 Å². The molecular formula is C10H16BrN3OS. The van der Waals surface area contributed by atoms with Crippen LogP contribution in [0.15, 0.2) is 0 Å². The third-order valence-electron chi connectivity index (χ3n) is 2.60. The summed E-state index contributed by atoms with van der Waals surface area (Å²) in [5, 5.41) is 1.93. The second-order valence-corrected chi connectivity index (χ2v) is 5.54. The Bertz CT molecular complexity index is 345. The van der Waals surface area contributed by atoms with E-state index in [1.165, 1.54) is 11.5 Å². The van der Waals surface area contributed by atoms with Crippen molar-refractivity contribution < 1.29 is 4.74 Å². The van der Waals surface area contributed by atoms with E-state index in [0.29, 0.717) is 12.0 Å². The molecule has 1 saturated heterocycles. The molecule has 1 unspecified atom stereocenters. The largest absolute Gasteiger partial charge is 0.377 e. The molecule has 2 rings (SSSR count). The number of morpholine rings is 1. The Morgan fingerprint density at radius 1 is 1.62 bits per heavy atom. The van der Waals surface area contributed by atoms with Crippen LogP contribution in [0.2, 0.25) is 0 Å². The maximum absolute atomic E-state index is 5.46. The SMILES string of the molecule is CC(C)c1nsc(N2CCOCC2CBr)n1. The summed E-state index contributed by atoms with van der Waals surface area (Å²) in [7, 11) is 0. The number of rotatable bonds is 3. The van der Waals surface area contributed by atoms with Crippen LogP contribution in [0, 0.1) is 0 Å². The molecule has 0 radical (unpaired) electrons. The van der Waals surface area contributed by atoms with Gasteiger partial charge in [-0.15, -0.1) is 0 Å². The summed E-state index contributed by atoms with van der Waals surface area (Å²) in [5.74, 6) is 1.34. The highest BCUT2D eigenvalue weighted by Gasteiger charge is 2.25. The Morgan fingerprint density at radius 2 is 2.44 bits per heavy atom. The molecule has 0 saturated carbocycles. The van der Waals surface area contributed by atoms with Crippen LogP contribution in [0.3, 0.4) is 0 Å². The predicted molar refractivity (Wildman–Crippen MR) is 69.7 cm³/mol. The van der Waals surface area contributed by atoms with Crippen molar-refractivity contribution >= 4 is 32.6 Å². The molecule has 16 heavy (non-hydrogen) atoms. The van der Waals surface area contributed by atoms with Crippen molar-refractivity contribution in [3.63, 3.8) is 0 Å². The number of hydrogen-bond acceptors (Lipinski definition) is 5. The third kappa shape index (κ3) is 2.55. The molecule has 1 aliphatic heterocycles. The Hall–Kier alpha value is -0.200. The fourth-order valence-electron chi connectivity index (χ4n) is 1.61. The van der Waals surface area contributed by atoms with Crippen LogP contribution in [-0.4, -0.2) is 40.5 Å². The molecule has 1 fully saturated rings. The minimum atomic E-state index is 0.377. The first kappa shape index (κ1) is 12.3. The van der Waals surface area contributed by atoms with Crippen LogP contribution in [0.5, 0.6) is 0 Å². The topological polar surface area (TPSA) is 38.2 Å². The summed E-state index contributed by atoms with van der Waals surface area (Å²) in [6.45, 7) is 6.69. The summed E-state index contributed by atoms with van der Waals surface area (Å²) < 4.78 is 9.86. The van der Waals surface area contributed by atoms with Gasteiger partial charge in [0.05, 0.1) is 19.3 Å². The van der Waals surface area contributed by atoms with Gasteiger partial charge < -0.3 is 9.64 Å². The number of ether oxygens (including phenoxy) is 1. The Kier molecular flexibility index (Phi) is 4.16. The summed E-state index contributed by atoms with van der Waals surface area (Å²) in [6, 6.07) is 0.377. The first-order chi connectivity index (χ1) is 7.72. The summed E-state index contributed by atoms with van der Waals surface area (Å²) in [6.07, 6.45) is 0. The van der Waals surface area contributed by atoms with Gasteiger partial charge in [-0.1, -0.05) is 29.8 Å². The van der Waals surface area contributed by atoms with Gasteiger partial charge in [0.1, 0.15) is 5.82 Å². The van der Waals surface area contributed by atoms with Gasteiger partial charge in [-0.05, 0) is 0 Å².